The zero-order chi connectivity index (χ0) is 20.3. The normalized spacial score (nSPS) is 17.3. The van der Waals surface area contributed by atoms with Gasteiger partial charge in [-0.3, -0.25) is 9.88 Å². The van der Waals surface area contributed by atoms with E-state index in [1.165, 1.54) is 22.1 Å². The van der Waals surface area contributed by atoms with Crippen molar-refractivity contribution in [2.45, 2.75) is 12.6 Å². The highest BCUT2D eigenvalue weighted by molar-refractivity contribution is 5.95. The van der Waals surface area contributed by atoms with E-state index in [1.807, 2.05) is 24.4 Å². The van der Waals surface area contributed by atoms with E-state index in [9.17, 15) is 4.39 Å². The van der Waals surface area contributed by atoms with Gasteiger partial charge >= 0.3 is 0 Å². The molecule has 3 aromatic carbocycles. The van der Waals surface area contributed by atoms with Crippen LogP contribution in [0.25, 0.3) is 22.0 Å². The van der Waals surface area contributed by atoms with Crippen molar-refractivity contribution in [2.24, 2.45) is 0 Å². The van der Waals surface area contributed by atoms with Gasteiger partial charge < -0.3 is 5.32 Å². The average Bonchev–Trinajstić information content (AvgIpc) is 2.80. The second kappa shape index (κ2) is 8.34. The molecule has 0 saturated carbocycles. The maximum absolute atomic E-state index is 13.4. The van der Waals surface area contributed by atoms with E-state index in [0.29, 0.717) is 0 Å². The van der Waals surface area contributed by atoms with Crippen LogP contribution in [0.4, 0.5) is 4.39 Å². The van der Waals surface area contributed by atoms with Crippen molar-refractivity contribution >= 4 is 10.9 Å². The first-order valence-corrected chi connectivity index (χ1v) is 10.4. The Hall–Kier alpha value is -3.08. The fourth-order valence-corrected chi connectivity index (χ4v) is 4.43. The Morgan fingerprint density at radius 2 is 1.73 bits per heavy atom. The summed E-state index contributed by atoms with van der Waals surface area (Å²) in [5.74, 6) is -0.191. The summed E-state index contributed by atoms with van der Waals surface area (Å²) >= 11 is 0. The molecular weight excluding hydrogens is 373 g/mol. The van der Waals surface area contributed by atoms with Gasteiger partial charge in [0.2, 0.25) is 0 Å². The van der Waals surface area contributed by atoms with Gasteiger partial charge in [0.05, 0.1) is 5.52 Å². The lowest BCUT2D eigenvalue weighted by molar-refractivity contribution is 0.154. The number of rotatable bonds is 4. The number of halogens is 1. The summed E-state index contributed by atoms with van der Waals surface area (Å²) in [6, 6.07) is 26.2. The van der Waals surface area contributed by atoms with E-state index in [0.717, 1.165) is 37.3 Å². The van der Waals surface area contributed by atoms with Gasteiger partial charge in [0.15, 0.2) is 0 Å². The smallest absolute Gasteiger partial charge is 0.123 e. The van der Waals surface area contributed by atoms with Crippen LogP contribution in [0.2, 0.25) is 0 Å². The molecule has 4 heteroatoms. The van der Waals surface area contributed by atoms with Crippen LogP contribution in [-0.2, 0) is 6.54 Å². The molecule has 4 aromatic rings. The number of pyridine rings is 1. The molecule has 3 nitrogen and oxygen atoms in total. The Kier molecular flexibility index (Phi) is 5.26. The molecular formula is C26H24FN3. The van der Waals surface area contributed by atoms with Crippen molar-refractivity contribution in [1.29, 1.82) is 0 Å². The molecule has 1 fully saturated rings. The number of piperazine rings is 1. The molecule has 1 aliphatic rings. The molecule has 30 heavy (non-hydrogen) atoms. The molecule has 2 heterocycles. The highest BCUT2D eigenvalue weighted by Crippen LogP contribution is 2.32. The monoisotopic (exact) mass is 397 g/mol. The molecule has 1 aromatic heterocycles. The Labute approximate surface area is 176 Å². The highest BCUT2D eigenvalue weighted by atomic mass is 19.1. The van der Waals surface area contributed by atoms with Crippen LogP contribution in [0.5, 0.6) is 0 Å². The van der Waals surface area contributed by atoms with Gasteiger partial charge in [-0.15, -0.1) is 0 Å². The number of aromatic nitrogens is 1. The van der Waals surface area contributed by atoms with Crippen molar-refractivity contribution in [2.75, 3.05) is 19.6 Å². The van der Waals surface area contributed by atoms with E-state index in [4.69, 9.17) is 0 Å². The molecule has 0 radical (unpaired) electrons. The van der Waals surface area contributed by atoms with E-state index >= 15 is 0 Å². The molecule has 0 aliphatic carbocycles. The lowest BCUT2D eigenvalue weighted by atomic mass is 9.95. The van der Waals surface area contributed by atoms with Crippen molar-refractivity contribution in [3.05, 3.63) is 102 Å². The Bertz CT molecular complexity index is 1150. The molecule has 1 N–H and O–H groups in total. The number of hydrogen-bond acceptors (Lipinski definition) is 3. The number of fused-ring (bicyclic) bond motifs is 1. The first kappa shape index (κ1) is 18.9. The van der Waals surface area contributed by atoms with Crippen LogP contribution in [-0.4, -0.2) is 29.5 Å². The van der Waals surface area contributed by atoms with Crippen molar-refractivity contribution in [3.63, 3.8) is 0 Å². The summed E-state index contributed by atoms with van der Waals surface area (Å²) < 4.78 is 13.4. The van der Waals surface area contributed by atoms with Crippen LogP contribution >= 0.6 is 0 Å². The number of hydrogen-bond donors (Lipinski definition) is 1. The summed E-state index contributed by atoms with van der Waals surface area (Å²) in [7, 11) is 0. The van der Waals surface area contributed by atoms with Crippen molar-refractivity contribution < 1.29 is 4.39 Å². The molecule has 0 spiro atoms. The maximum Gasteiger partial charge on any atom is 0.123 e. The van der Waals surface area contributed by atoms with Crippen LogP contribution in [0, 0.1) is 5.82 Å². The van der Waals surface area contributed by atoms with Gasteiger partial charge in [-0.25, -0.2) is 4.39 Å². The first-order chi connectivity index (χ1) is 14.8. The maximum atomic E-state index is 13.4. The fraction of sp³-hybridized carbons (Fsp3) is 0.192. The predicted octanol–water partition coefficient (Wildman–Crippen LogP) is 5.19. The van der Waals surface area contributed by atoms with E-state index < -0.39 is 0 Å². The zero-order valence-corrected chi connectivity index (χ0v) is 16.8. The minimum absolute atomic E-state index is 0.191. The molecule has 0 amide bonds. The van der Waals surface area contributed by atoms with Gasteiger partial charge in [-0.1, -0.05) is 54.6 Å². The number of nitrogens with zero attached hydrogens (tertiary/aromatic N) is 2. The third kappa shape index (κ3) is 3.72. The minimum atomic E-state index is -0.191. The molecule has 0 bridgehead atoms. The van der Waals surface area contributed by atoms with Crippen LogP contribution in [0.1, 0.15) is 17.2 Å². The van der Waals surface area contributed by atoms with Crippen LogP contribution in [0.15, 0.2) is 85.1 Å². The van der Waals surface area contributed by atoms with E-state index in [2.05, 4.69) is 63.7 Å². The summed E-state index contributed by atoms with van der Waals surface area (Å²) in [5.41, 5.74) is 5.91. The number of nitrogens with one attached hydrogen (secondary N) is 1. The quantitative estimate of drug-likeness (QED) is 0.514. The van der Waals surface area contributed by atoms with Crippen molar-refractivity contribution in [3.8, 4) is 11.1 Å². The standard InChI is InChI=1S/C26H24FN3/c27-21-12-10-19(11-13-21)26-17-28-15-16-30(26)18-20-5-1-2-6-22(20)23-7-3-9-25-24(23)8-4-14-29-25/h1-14,26,28H,15-18H2. The SMILES string of the molecule is Fc1ccc(C2CNCCN2Cc2ccccc2-c2cccc3ncccc23)cc1. The van der Waals surface area contributed by atoms with Gasteiger partial charge in [-0.05, 0) is 46.5 Å². The lowest BCUT2D eigenvalue weighted by Gasteiger charge is -2.37. The van der Waals surface area contributed by atoms with Gasteiger partial charge in [0, 0.05) is 43.8 Å². The predicted molar refractivity (Wildman–Crippen MR) is 120 cm³/mol. The summed E-state index contributed by atoms with van der Waals surface area (Å²) in [5, 5.41) is 4.66. The topological polar surface area (TPSA) is 28.2 Å². The fourth-order valence-electron chi connectivity index (χ4n) is 4.43. The first-order valence-electron chi connectivity index (χ1n) is 10.4. The summed E-state index contributed by atoms with van der Waals surface area (Å²) in [6.45, 7) is 3.62. The Balaban J connectivity index is 1.51. The second-order valence-corrected chi connectivity index (χ2v) is 7.77. The third-order valence-electron chi connectivity index (χ3n) is 5.94. The summed E-state index contributed by atoms with van der Waals surface area (Å²) in [4.78, 5) is 7.01. The number of benzene rings is 3. The van der Waals surface area contributed by atoms with Gasteiger partial charge in [-0.2, -0.15) is 0 Å². The van der Waals surface area contributed by atoms with E-state index in [-0.39, 0.29) is 11.9 Å². The van der Waals surface area contributed by atoms with E-state index in [1.54, 1.807) is 12.1 Å². The minimum Gasteiger partial charge on any atom is -0.314 e. The lowest BCUT2D eigenvalue weighted by Crippen LogP contribution is -2.45. The molecule has 150 valence electrons. The van der Waals surface area contributed by atoms with Crippen LogP contribution in [0.3, 0.4) is 0 Å². The Morgan fingerprint density at radius 1 is 0.900 bits per heavy atom. The largest absolute Gasteiger partial charge is 0.314 e. The third-order valence-corrected chi connectivity index (χ3v) is 5.94. The molecule has 1 aliphatic heterocycles. The zero-order valence-electron chi connectivity index (χ0n) is 16.8. The van der Waals surface area contributed by atoms with Gasteiger partial charge in [0.25, 0.3) is 0 Å². The van der Waals surface area contributed by atoms with Crippen LogP contribution < -0.4 is 5.32 Å². The molecule has 1 saturated heterocycles. The molecule has 5 rings (SSSR count). The molecule has 1 unspecified atom stereocenters. The van der Waals surface area contributed by atoms with Gasteiger partial charge in [0.1, 0.15) is 5.82 Å². The second-order valence-electron chi connectivity index (χ2n) is 7.77. The summed E-state index contributed by atoms with van der Waals surface area (Å²) in [6.07, 6.45) is 1.84. The average molecular weight is 397 g/mol. The van der Waals surface area contributed by atoms with Crippen molar-refractivity contribution in [1.82, 2.24) is 15.2 Å². The highest BCUT2D eigenvalue weighted by Gasteiger charge is 2.24. The Morgan fingerprint density at radius 3 is 2.63 bits per heavy atom. The molecule has 1 atom stereocenters.